The molecule has 1 aliphatic rings. The van der Waals surface area contributed by atoms with Gasteiger partial charge in [-0.2, -0.15) is 0 Å². The zero-order chi connectivity index (χ0) is 16.1. The number of hydrogen-bond acceptors (Lipinski definition) is 3. The number of piperidine rings is 1. The highest BCUT2D eigenvalue weighted by Crippen LogP contribution is 2.15. The monoisotopic (exact) mass is 310 g/mol. The Morgan fingerprint density at radius 2 is 2.09 bits per heavy atom. The van der Waals surface area contributed by atoms with Gasteiger partial charge in [-0.25, -0.2) is 8.78 Å². The fourth-order valence-corrected chi connectivity index (χ4v) is 2.67. The highest BCUT2D eigenvalue weighted by Gasteiger charge is 2.23. The first-order chi connectivity index (χ1) is 10.5. The minimum Gasteiger partial charge on any atom is -0.341 e. The van der Waals surface area contributed by atoms with Crippen LogP contribution in [0.2, 0.25) is 0 Å². The van der Waals surface area contributed by atoms with Gasteiger partial charge in [-0.05, 0) is 32.0 Å². The van der Waals surface area contributed by atoms with E-state index in [0.717, 1.165) is 25.0 Å². The molecule has 22 heavy (non-hydrogen) atoms. The third kappa shape index (κ3) is 4.10. The Bertz CT molecular complexity index is 563. The lowest BCUT2D eigenvalue weighted by atomic mass is 10.0. The minimum atomic E-state index is -0.884. The summed E-state index contributed by atoms with van der Waals surface area (Å²) >= 11 is 0. The molecule has 0 aromatic heterocycles. The number of carbonyl (C=O) groups is 2. The maximum absolute atomic E-state index is 13.5. The molecule has 0 aliphatic carbocycles. The average molecular weight is 310 g/mol. The molecule has 1 amide bonds. The molecule has 0 saturated carbocycles. The van der Waals surface area contributed by atoms with Gasteiger partial charge in [-0.1, -0.05) is 0 Å². The first-order valence-corrected chi connectivity index (χ1v) is 7.44. The summed E-state index contributed by atoms with van der Waals surface area (Å²) in [6, 6.07) is 3.12. The predicted molar refractivity (Wildman–Crippen MR) is 78.6 cm³/mol. The molecule has 1 aromatic rings. The third-order valence-electron chi connectivity index (χ3n) is 3.98. The standard InChI is InChI=1S/C16H20F2N2O2/c1-19-12-3-2-8-20(10-12)16(22)7-6-15(21)13-5-4-11(17)9-14(13)18/h4-5,9,12,19H,2-3,6-8,10H2,1H3. The molecule has 6 heteroatoms. The Kier molecular flexibility index (Phi) is 5.60. The molecule has 1 fully saturated rings. The van der Waals surface area contributed by atoms with Crippen molar-refractivity contribution >= 4 is 11.7 Å². The molecule has 4 nitrogen and oxygen atoms in total. The Morgan fingerprint density at radius 3 is 2.77 bits per heavy atom. The number of rotatable bonds is 5. The van der Waals surface area contributed by atoms with Crippen molar-refractivity contribution in [1.82, 2.24) is 10.2 Å². The van der Waals surface area contributed by atoms with E-state index in [1.54, 1.807) is 4.90 Å². The van der Waals surface area contributed by atoms with E-state index >= 15 is 0 Å². The molecule has 1 atom stereocenters. The molecular formula is C16H20F2N2O2. The van der Waals surface area contributed by atoms with Crippen LogP contribution in [0.5, 0.6) is 0 Å². The van der Waals surface area contributed by atoms with Gasteiger partial charge in [0.25, 0.3) is 0 Å². The van der Waals surface area contributed by atoms with Gasteiger partial charge < -0.3 is 10.2 Å². The van der Waals surface area contributed by atoms with Gasteiger partial charge in [0.2, 0.25) is 5.91 Å². The van der Waals surface area contributed by atoms with Crippen LogP contribution in [-0.4, -0.2) is 42.8 Å². The summed E-state index contributed by atoms with van der Waals surface area (Å²) in [7, 11) is 1.86. The van der Waals surface area contributed by atoms with E-state index < -0.39 is 17.4 Å². The molecule has 1 N–H and O–H groups in total. The van der Waals surface area contributed by atoms with Crippen molar-refractivity contribution < 1.29 is 18.4 Å². The number of nitrogens with one attached hydrogen (secondary N) is 1. The van der Waals surface area contributed by atoms with Crippen LogP contribution in [-0.2, 0) is 4.79 Å². The SMILES string of the molecule is CNC1CCCN(C(=O)CCC(=O)c2ccc(F)cc2F)C1. The second-order valence-corrected chi connectivity index (χ2v) is 5.51. The highest BCUT2D eigenvalue weighted by atomic mass is 19.1. The lowest BCUT2D eigenvalue weighted by Gasteiger charge is -2.32. The lowest BCUT2D eigenvalue weighted by molar-refractivity contribution is -0.132. The van der Waals surface area contributed by atoms with Crippen molar-refractivity contribution in [1.29, 1.82) is 0 Å². The highest BCUT2D eigenvalue weighted by molar-refractivity contribution is 5.98. The van der Waals surface area contributed by atoms with Crippen LogP contribution in [0, 0.1) is 11.6 Å². The van der Waals surface area contributed by atoms with E-state index in [9.17, 15) is 18.4 Å². The van der Waals surface area contributed by atoms with Crippen LogP contribution in [0.4, 0.5) is 8.78 Å². The first kappa shape index (κ1) is 16.5. The summed E-state index contributed by atoms with van der Waals surface area (Å²) < 4.78 is 26.3. The molecule has 1 unspecified atom stereocenters. The maximum atomic E-state index is 13.5. The number of ketones is 1. The lowest BCUT2D eigenvalue weighted by Crippen LogP contribution is -2.47. The van der Waals surface area contributed by atoms with Crippen LogP contribution < -0.4 is 5.32 Å². The summed E-state index contributed by atoms with van der Waals surface area (Å²) in [6.45, 7) is 1.32. The van der Waals surface area contributed by atoms with E-state index in [0.29, 0.717) is 19.2 Å². The number of hydrogen-bond donors (Lipinski definition) is 1. The first-order valence-electron chi connectivity index (χ1n) is 7.44. The number of Topliss-reactive ketones (excluding diaryl/α,β-unsaturated/α-hetero) is 1. The summed E-state index contributed by atoms with van der Waals surface area (Å²) in [4.78, 5) is 25.8. The quantitative estimate of drug-likeness (QED) is 0.848. The van der Waals surface area contributed by atoms with Crippen LogP contribution in [0.15, 0.2) is 18.2 Å². The molecule has 1 heterocycles. The molecule has 2 rings (SSSR count). The zero-order valence-electron chi connectivity index (χ0n) is 12.6. The van der Waals surface area contributed by atoms with Crippen LogP contribution in [0.1, 0.15) is 36.0 Å². The predicted octanol–water partition coefficient (Wildman–Crippen LogP) is 2.14. The smallest absolute Gasteiger partial charge is 0.223 e. The Hall–Kier alpha value is -1.82. The summed E-state index contributed by atoms with van der Waals surface area (Å²) in [6.07, 6.45) is 1.94. The number of carbonyl (C=O) groups excluding carboxylic acids is 2. The topological polar surface area (TPSA) is 49.4 Å². The van der Waals surface area contributed by atoms with E-state index in [1.807, 2.05) is 7.05 Å². The van der Waals surface area contributed by atoms with Crippen LogP contribution in [0.3, 0.4) is 0 Å². The second-order valence-electron chi connectivity index (χ2n) is 5.51. The van der Waals surface area contributed by atoms with Gasteiger partial charge in [-0.15, -0.1) is 0 Å². The Balaban J connectivity index is 1.89. The molecule has 1 aliphatic heterocycles. The molecule has 0 radical (unpaired) electrons. The number of nitrogens with zero attached hydrogens (tertiary/aromatic N) is 1. The number of halogens is 2. The number of likely N-dealkylation sites (tertiary alicyclic amines) is 1. The van der Waals surface area contributed by atoms with Crippen molar-refractivity contribution in [2.75, 3.05) is 20.1 Å². The van der Waals surface area contributed by atoms with E-state index in [1.165, 1.54) is 0 Å². The Morgan fingerprint density at radius 1 is 1.32 bits per heavy atom. The number of likely N-dealkylation sites (N-methyl/N-ethyl adjacent to an activating group) is 1. The molecule has 120 valence electrons. The van der Waals surface area contributed by atoms with Crippen LogP contribution in [0.25, 0.3) is 0 Å². The maximum Gasteiger partial charge on any atom is 0.223 e. The van der Waals surface area contributed by atoms with Gasteiger partial charge >= 0.3 is 0 Å². The van der Waals surface area contributed by atoms with E-state index in [2.05, 4.69) is 5.32 Å². The van der Waals surface area contributed by atoms with Gasteiger partial charge in [-0.3, -0.25) is 9.59 Å². The van der Waals surface area contributed by atoms with Crippen molar-refractivity contribution in [3.8, 4) is 0 Å². The number of amides is 1. The normalized spacial score (nSPS) is 18.3. The zero-order valence-corrected chi connectivity index (χ0v) is 12.6. The molecule has 1 aromatic carbocycles. The average Bonchev–Trinajstić information content (AvgIpc) is 2.52. The van der Waals surface area contributed by atoms with Gasteiger partial charge in [0, 0.05) is 38.0 Å². The molecule has 0 bridgehead atoms. The Labute approximate surface area is 128 Å². The fourth-order valence-electron chi connectivity index (χ4n) is 2.67. The molecule has 0 spiro atoms. The molecule has 1 saturated heterocycles. The summed E-state index contributed by atoms with van der Waals surface area (Å²) in [5.41, 5.74) is -0.166. The van der Waals surface area contributed by atoms with Crippen molar-refractivity contribution in [2.45, 2.75) is 31.7 Å². The largest absolute Gasteiger partial charge is 0.341 e. The fraction of sp³-hybridized carbons (Fsp3) is 0.500. The summed E-state index contributed by atoms with van der Waals surface area (Å²) in [5.74, 6) is -2.19. The second kappa shape index (κ2) is 7.45. The van der Waals surface area contributed by atoms with Gasteiger partial charge in [0.15, 0.2) is 5.78 Å². The summed E-state index contributed by atoms with van der Waals surface area (Å²) in [5, 5.41) is 3.15. The van der Waals surface area contributed by atoms with Gasteiger partial charge in [0.1, 0.15) is 11.6 Å². The number of benzene rings is 1. The van der Waals surface area contributed by atoms with E-state index in [-0.39, 0.29) is 30.4 Å². The van der Waals surface area contributed by atoms with Crippen LogP contribution >= 0.6 is 0 Å². The van der Waals surface area contributed by atoms with Crippen molar-refractivity contribution in [3.05, 3.63) is 35.4 Å². The van der Waals surface area contributed by atoms with Gasteiger partial charge in [0.05, 0.1) is 5.56 Å². The van der Waals surface area contributed by atoms with Crippen molar-refractivity contribution in [2.24, 2.45) is 0 Å². The minimum absolute atomic E-state index is 0.0477. The molecular weight excluding hydrogens is 290 g/mol. The van der Waals surface area contributed by atoms with E-state index in [4.69, 9.17) is 0 Å². The van der Waals surface area contributed by atoms with Crippen molar-refractivity contribution in [3.63, 3.8) is 0 Å². The third-order valence-corrected chi connectivity index (χ3v) is 3.98.